The summed E-state index contributed by atoms with van der Waals surface area (Å²) in [5.74, 6) is 0.724. The van der Waals surface area contributed by atoms with Crippen LogP contribution in [0.3, 0.4) is 0 Å². The number of hydrogen-bond donors (Lipinski definition) is 1. The number of carbonyl (C=O) groups excluding carboxylic acids is 2. The topological polar surface area (TPSA) is 65.6 Å². The molecule has 36 heavy (non-hydrogen) atoms. The highest BCUT2D eigenvalue weighted by molar-refractivity contribution is 5.97. The Morgan fingerprint density at radius 2 is 1.69 bits per heavy atom. The molecule has 1 unspecified atom stereocenters. The van der Waals surface area contributed by atoms with Gasteiger partial charge in [-0.15, -0.1) is 0 Å². The average Bonchev–Trinajstić information content (AvgIpc) is 3.29. The lowest BCUT2D eigenvalue weighted by Crippen LogP contribution is -2.62. The molecule has 1 N–H and O–H groups in total. The molecule has 6 nitrogen and oxygen atoms in total. The summed E-state index contributed by atoms with van der Waals surface area (Å²) in [6.45, 7) is 0.430. The molecule has 182 valence electrons. The van der Waals surface area contributed by atoms with Crippen molar-refractivity contribution in [1.29, 1.82) is 0 Å². The normalized spacial score (nSPS) is 19.4. The van der Waals surface area contributed by atoms with Crippen molar-refractivity contribution < 1.29 is 14.3 Å². The van der Waals surface area contributed by atoms with Crippen LogP contribution in [0.15, 0.2) is 78.9 Å². The number of aromatic amines is 1. The number of para-hydroxylation sites is 2. The maximum absolute atomic E-state index is 13.9. The zero-order chi connectivity index (χ0) is 24.6. The third-order valence-corrected chi connectivity index (χ3v) is 7.56. The first-order valence-electron chi connectivity index (χ1n) is 12.5. The number of H-pyrrole nitrogens is 1. The van der Waals surface area contributed by atoms with E-state index in [-0.39, 0.29) is 24.4 Å². The van der Waals surface area contributed by atoms with Crippen LogP contribution in [0.2, 0.25) is 0 Å². The minimum atomic E-state index is -0.506. The van der Waals surface area contributed by atoms with E-state index in [2.05, 4.69) is 29.2 Å². The molecule has 6 rings (SSSR count). The molecule has 2 aliphatic rings. The van der Waals surface area contributed by atoms with Crippen molar-refractivity contribution in [3.8, 4) is 5.75 Å². The van der Waals surface area contributed by atoms with Gasteiger partial charge in [-0.3, -0.25) is 9.59 Å². The van der Waals surface area contributed by atoms with Crippen LogP contribution in [-0.2, 0) is 29.0 Å². The summed E-state index contributed by atoms with van der Waals surface area (Å²) in [5, 5.41) is 1.14. The highest BCUT2D eigenvalue weighted by Gasteiger charge is 2.47. The summed E-state index contributed by atoms with van der Waals surface area (Å²) >= 11 is 0. The lowest BCUT2D eigenvalue weighted by atomic mass is 9.86. The van der Waals surface area contributed by atoms with Crippen molar-refractivity contribution in [2.75, 3.05) is 13.7 Å². The number of aromatic nitrogens is 1. The third kappa shape index (κ3) is 3.83. The van der Waals surface area contributed by atoms with Crippen molar-refractivity contribution >= 4 is 22.7 Å². The van der Waals surface area contributed by atoms with Crippen molar-refractivity contribution in [2.24, 2.45) is 0 Å². The van der Waals surface area contributed by atoms with E-state index in [0.29, 0.717) is 13.0 Å². The maximum Gasteiger partial charge on any atom is 0.246 e. The van der Waals surface area contributed by atoms with Gasteiger partial charge in [-0.25, -0.2) is 0 Å². The van der Waals surface area contributed by atoms with Gasteiger partial charge in [0.15, 0.2) is 0 Å². The zero-order valence-electron chi connectivity index (χ0n) is 20.3. The van der Waals surface area contributed by atoms with Crippen molar-refractivity contribution in [1.82, 2.24) is 14.8 Å². The molecule has 3 heterocycles. The Morgan fingerprint density at radius 1 is 0.944 bits per heavy atom. The van der Waals surface area contributed by atoms with Crippen LogP contribution in [0.25, 0.3) is 10.9 Å². The second kappa shape index (κ2) is 9.19. The average molecular weight is 480 g/mol. The maximum atomic E-state index is 13.9. The minimum Gasteiger partial charge on any atom is -0.496 e. The summed E-state index contributed by atoms with van der Waals surface area (Å²) in [6, 6.07) is 25.5. The molecule has 4 aromatic rings. The number of amides is 2. The molecular formula is C30H29N3O3. The van der Waals surface area contributed by atoms with Crippen LogP contribution in [0.4, 0.5) is 0 Å². The van der Waals surface area contributed by atoms with E-state index in [1.807, 2.05) is 59.5 Å². The van der Waals surface area contributed by atoms with Gasteiger partial charge in [0.05, 0.1) is 13.2 Å². The predicted molar refractivity (Wildman–Crippen MR) is 139 cm³/mol. The third-order valence-electron chi connectivity index (χ3n) is 7.56. The van der Waals surface area contributed by atoms with Crippen LogP contribution in [0, 0.1) is 0 Å². The van der Waals surface area contributed by atoms with Gasteiger partial charge >= 0.3 is 0 Å². The van der Waals surface area contributed by atoms with Gasteiger partial charge in [-0.05, 0) is 36.1 Å². The van der Waals surface area contributed by atoms with E-state index >= 15 is 0 Å². The number of rotatable bonds is 6. The summed E-state index contributed by atoms with van der Waals surface area (Å²) in [6.07, 6.45) is 2.11. The molecule has 2 aliphatic heterocycles. The quantitative estimate of drug-likeness (QED) is 0.438. The largest absolute Gasteiger partial charge is 0.496 e. The van der Waals surface area contributed by atoms with Crippen molar-refractivity contribution in [2.45, 2.75) is 37.9 Å². The fraction of sp³-hybridized carbons (Fsp3) is 0.267. The Bertz CT molecular complexity index is 1430. The Hall–Kier alpha value is -4.06. The molecule has 0 aliphatic carbocycles. The van der Waals surface area contributed by atoms with Crippen LogP contribution in [-0.4, -0.2) is 46.3 Å². The van der Waals surface area contributed by atoms with Gasteiger partial charge < -0.3 is 19.5 Å². The number of fused-ring (bicyclic) bond motifs is 4. The fourth-order valence-electron chi connectivity index (χ4n) is 5.87. The van der Waals surface area contributed by atoms with Gasteiger partial charge in [0, 0.05) is 35.1 Å². The number of hydrogen-bond acceptors (Lipinski definition) is 3. The number of ether oxygens (including phenoxy) is 1. The van der Waals surface area contributed by atoms with Gasteiger partial charge in [-0.2, -0.15) is 0 Å². The number of nitrogens with zero attached hydrogens (tertiary/aromatic N) is 2. The molecule has 1 aromatic heterocycles. The predicted octanol–water partition coefficient (Wildman–Crippen LogP) is 4.65. The van der Waals surface area contributed by atoms with E-state index in [4.69, 9.17) is 4.74 Å². The number of nitrogens with one attached hydrogen (secondary N) is 1. The first-order chi connectivity index (χ1) is 17.6. The fourth-order valence-corrected chi connectivity index (χ4v) is 5.87. The first kappa shape index (κ1) is 22.4. The molecular weight excluding hydrogens is 450 g/mol. The van der Waals surface area contributed by atoms with Crippen molar-refractivity contribution in [3.63, 3.8) is 0 Å². The second-order valence-electron chi connectivity index (χ2n) is 9.63. The van der Waals surface area contributed by atoms with Crippen molar-refractivity contribution in [3.05, 3.63) is 101 Å². The smallest absolute Gasteiger partial charge is 0.246 e. The van der Waals surface area contributed by atoms with Crippen LogP contribution in [0.5, 0.6) is 5.75 Å². The standard InChI is InChI=1S/C30H29N3O3/c1-36-27-14-8-5-11-21(27)18-32-19-28(34)33-25(16-15-20-9-3-2-4-10-20)29-23(17-26(33)30(32)35)22-12-6-7-13-24(22)31-29/h2-14,25-26,31H,15-19H2,1H3/t25?,26-/m0/s1. The minimum absolute atomic E-state index is 0.00106. The zero-order valence-corrected chi connectivity index (χ0v) is 20.3. The molecule has 6 heteroatoms. The van der Waals surface area contributed by atoms with E-state index in [9.17, 15) is 9.59 Å². The number of methoxy groups -OCH3 is 1. The van der Waals surface area contributed by atoms with Gasteiger partial charge in [0.2, 0.25) is 11.8 Å². The first-order valence-corrected chi connectivity index (χ1v) is 12.5. The van der Waals surface area contributed by atoms with E-state index in [1.54, 1.807) is 12.0 Å². The molecule has 3 aromatic carbocycles. The number of piperazine rings is 1. The lowest BCUT2D eigenvalue weighted by molar-refractivity contribution is -0.160. The number of carbonyl (C=O) groups is 2. The van der Waals surface area contributed by atoms with E-state index in [1.165, 1.54) is 5.56 Å². The van der Waals surface area contributed by atoms with Gasteiger partial charge in [0.1, 0.15) is 18.3 Å². The Labute approximate surface area is 210 Å². The summed E-state index contributed by atoms with van der Waals surface area (Å²) < 4.78 is 5.49. The van der Waals surface area contributed by atoms with Crippen LogP contribution < -0.4 is 4.74 Å². The van der Waals surface area contributed by atoms with Crippen LogP contribution in [0.1, 0.15) is 34.8 Å². The molecule has 0 spiro atoms. The second-order valence-corrected chi connectivity index (χ2v) is 9.63. The highest BCUT2D eigenvalue weighted by atomic mass is 16.5. The molecule has 2 atom stereocenters. The summed E-state index contributed by atoms with van der Waals surface area (Å²) in [4.78, 5) is 34.7. The number of aryl methyl sites for hydroxylation is 1. The Morgan fingerprint density at radius 3 is 2.53 bits per heavy atom. The molecule has 1 fully saturated rings. The monoisotopic (exact) mass is 479 g/mol. The van der Waals surface area contributed by atoms with Gasteiger partial charge in [-0.1, -0.05) is 66.7 Å². The molecule has 2 amide bonds. The molecule has 1 saturated heterocycles. The Kier molecular flexibility index (Phi) is 5.72. The Balaban J connectivity index is 1.36. The number of benzene rings is 3. The van der Waals surface area contributed by atoms with Gasteiger partial charge in [0.25, 0.3) is 0 Å². The molecule has 0 radical (unpaired) electrons. The SMILES string of the molecule is COc1ccccc1CN1CC(=O)N2C(CCc3ccccc3)c3[nH]c4ccccc4c3C[C@H]2C1=O. The van der Waals surface area contributed by atoms with E-state index < -0.39 is 6.04 Å². The van der Waals surface area contributed by atoms with E-state index in [0.717, 1.165) is 46.3 Å². The molecule has 0 bridgehead atoms. The van der Waals surface area contributed by atoms with Crippen LogP contribution >= 0.6 is 0 Å². The summed E-state index contributed by atoms with van der Waals surface area (Å²) in [7, 11) is 1.63. The summed E-state index contributed by atoms with van der Waals surface area (Å²) in [5.41, 5.74) is 5.41. The highest BCUT2D eigenvalue weighted by Crippen LogP contribution is 2.41. The molecule has 0 saturated carbocycles. The lowest BCUT2D eigenvalue weighted by Gasteiger charge is -2.47.